The Hall–Kier alpha value is -2.26. The van der Waals surface area contributed by atoms with Crippen LogP contribution in [-0.4, -0.2) is 52.6 Å². The molecule has 1 aromatic rings. The van der Waals surface area contributed by atoms with E-state index >= 15 is 0 Å². The lowest BCUT2D eigenvalue weighted by Crippen LogP contribution is -2.49. The second kappa shape index (κ2) is 6.17. The molecule has 4 rings (SSSR count). The fourth-order valence-electron chi connectivity index (χ4n) is 3.76. The second-order valence-electron chi connectivity index (χ2n) is 5.91. The van der Waals surface area contributed by atoms with Crippen molar-refractivity contribution < 1.29 is 38.0 Å². The van der Waals surface area contributed by atoms with E-state index in [2.05, 4.69) is 0 Å². The number of hydrogen-bond donors (Lipinski definition) is 0. The predicted octanol–water partition coefficient (Wildman–Crippen LogP) is 0.742. The van der Waals surface area contributed by atoms with Gasteiger partial charge >= 0.3 is 11.9 Å². The van der Waals surface area contributed by atoms with Crippen molar-refractivity contribution in [3.63, 3.8) is 0 Å². The molecule has 2 saturated heterocycles. The van der Waals surface area contributed by atoms with Crippen molar-refractivity contribution in [2.45, 2.75) is 11.6 Å². The Kier molecular flexibility index (Phi) is 4.07. The number of rotatable bonds is 2. The van der Waals surface area contributed by atoms with E-state index in [-0.39, 0.29) is 37.6 Å². The SMILES string of the molecule is COC(=O)C1=C(C(=O)OC)C2(OCCO2)c2ccccc2C12OCCO2. The van der Waals surface area contributed by atoms with Gasteiger partial charge in [0.1, 0.15) is 11.1 Å². The van der Waals surface area contributed by atoms with Gasteiger partial charge in [0.2, 0.25) is 11.6 Å². The largest absolute Gasteiger partial charge is 0.465 e. The Bertz CT molecular complexity index is 719. The lowest BCUT2D eigenvalue weighted by molar-refractivity contribution is -0.188. The summed E-state index contributed by atoms with van der Waals surface area (Å²) in [5, 5.41) is 0. The first-order chi connectivity index (χ1) is 12.6. The average molecular weight is 362 g/mol. The van der Waals surface area contributed by atoms with Gasteiger partial charge < -0.3 is 28.4 Å². The van der Waals surface area contributed by atoms with Crippen molar-refractivity contribution in [3.8, 4) is 0 Å². The molecular formula is C18H18O8. The first kappa shape index (κ1) is 17.2. The summed E-state index contributed by atoms with van der Waals surface area (Å²) >= 11 is 0. The Labute approximate surface area is 149 Å². The Morgan fingerprint density at radius 2 is 1.12 bits per heavy atom. The maximum atomic E-state index is 12.7. The number of fused-ring (bicyclic) bond motifs is 3. The minimum Gasteiger partial charge on any atom is -0.465 e. The Morgan fingerprint density at radius 1 is 0.769 bits per heavy atom. The van der Waals surface area contributed by atoms with E-state index in [0.717, 1.165) is 0 Å². The molecule has 0 radical (unpaired) electrons. The molecule has 1 aromatic carbocycles. The second-order valence-corrected chi connectivity index (χ2v) is 5.91. The molecule has 8 nitrogen and oxygen atoms in total. The topological polar surface area (TPSA) is 89.5 Å². The smallest absolute Gasteiger partial charge is 0.340 e. The van der Waals surface area contributed by atoms with Crippen LogP contribution in [0.2, 0.25) is 0 Å². The van der Waals surface area contributed by atoms with E-state index in [4.69, 9.17) is 28.4 Å². The molecule has 0 bridgehead atoms. The normalized spacial score (nSPS) is 22.5. The molecule has 8 heteroatoms. The standard InChI is InChI=1S/C18H18O8/c1-21-15(19)13-14(16(20)22-2)18(25-9-10-26-18)12-6-4-3-5-11(12)17(13)23-7-8-24-17/h3-6H,7-10H2,1-2H3. The van der Waals surface area contributed by atoms with Crippen molar-refractivity contribution >= 4 is 11.9 Å². The lowest BCUT2D eigenvalue weighted by atomic mass is 9.77. The van der Waals surface area contributed by atoms with Crippen LogP contribution in [-0.2, 0) is 49.6 Å². The van der Waals surface area contributed by atoms with Crippen molar-refractivity contribution in [2.24, 2.45) is 0 Å². The van der Waals surface area contributed by atoms with Crippen LogP contribution >= 0.6 is 0 Å². The van der Waals surface area contributed by atoms with Crippen molar-refractivity contribution in [1.82, 2.24) is 0 Å². The molecule has 0 aromatic heterocycles. The minimum atomic E-state index is -1.58. The predicted molar refractivity (Wildman–Crippen MR) is 84.7 cm³/mol. The van der Waals surface area contributed by atoms with Crippen LogP contribution in [0, 0.1) is 0 Å². The summed E-state index contributed by atoms with van der Waals surface area (Å²) in [5.41, 5.74) is 0.829. The van der Waals surface area contributed by atoms with Gasteiger partial charge in [-0.2, -0.15) is 0 Å². The van der Waals surface area contributed by atoms with E-state index in [1.54, 1.807) is 24.3 Å². The van der Waals surface area contributed by atoms with Gasteiger partial charge in [0, 0.05) is 11.1 Å². The monoisotopic (exact) mass is 362 g/mol. The van der Waals surface area contributed by atoms with Gasteiger partial charge in [-0.25, -0.2) is 9.59 Å². The molecule has 1 aliphatic carbocycles. The fraction of sp³-hybridized carbons (Fsp3) is 0.444. The third-order valence-corrected chi connectivity index (χ3v) is 4.71. The number of methoxy groups -OCH3 is 2. The first-order valence-electron chi connectivity index (χ1n) is 8.18. The number of benzene rings is 1. The highest BCUT2D eigenvalue weighted by Gasteiger charge is 2.62. The summed E-state index contributed by atoms with van der Waals surface area (Å²) < 4.78 is 33.4. The molecule has 2 heterocycles. The van der Waals surface area contributed by atoms with E-state index in [1.807, 2.05) is 0 Å². The zero-order valence-electron chi connectivity index (χ0n) is 14.4. The molecule has 138 valence electrons. The van der Waals surface area contributed by atoms with Crippen molar-refractivity contribution in [1.29, 1.82) is 0 Å². The molecule has 2 spiro atoms. The fourth-order valence-corrected chi connectivity index (χ4v) is 3.76. The number of carbonyl (C=O) groups excluding carboxylic acids is 2. The minimum absolute atomic E-state index is 0.120. The van der Waals surface area contributed by atoms with E-state index in [9.17, 15) is 9.59 Å². The summed E-state index contributed by atoms with van der Waals surface area (Å²) in [6, 6.07) is 7.08. The molecule has 26 heavy (non-hydrogen) atoms. The van der Waals surface area contributed by atoms with Crippen LogP contribution in [0.15, 0.2) is 35.4 Å². The number of ether oxygens (including phenoxy) is 6. The molecule has 3 aliphatic rings. The van der Waals surface area contributed by atoms with Crippen LogP contribution in [0.1, 0.15) is 11.1 Å². The van der Waals surface area contributed by atoms with Crippen LogP contribution in [0.25, 0.3) is 0 Å². The molecule has 0 atom stereocenters. The Balaban J connectivity index is 2.11. The van der Waals surface area contributed by atoms with Gasteiger partial charge in [-0.1, -0.05) is 24.3 Å². The van der Waals surface area contributed by atoms with Crippen LogP contribution < -0.4 is 0 Å². The number of hydrogen-bond acceptors (Lipinski definition) is 8. The van der Waals surface area contributed by atoms with Crippen molar-refractivity contribution in [3.05, 3.63) is 46.5 Å². The van der Waals surface area contributed by atoms with Gasteiger partial charge in [0.15, 0.2) is 0 Å². The molecular weight excluding hydrogens is 344 g/mol. The van der Waals surface area contributed by atoms with E-state index in [1.165, 1.54) is 14.2 Å². The van der Waals surface area contributed by atoms with Gasteiger partial charge in [0.05, 0.1) is 40.6 Å². The van der Waals surface area contributed by atoms with E-state index < -0.39 is 23.5 Å². The number of esters is 2. The molecule has 0 N–H and O–H groups in total. The highest BCUT2D eigenvalue weighted by molar-refractivity contribution is 6.04. The summed E-state index contributed by atoms with van der Waals surface area (Å²) in [7, 11) is 2.44. The molecule has 2 aliphatic heterocycles. The third kappa shape index (κ3) is 2.10. The van der Waals surface area contributed by atoms with Crippen LogP contribution in [0.5, 0.6) is 0 Å². The van der Waals surface area contributed by atoms with E-state index in [0.29, 0.717) is 11.1 Å². The number of carbonyl (C=O) groups is 2. The molecule has 0 unspecified atom stereocenters. The quantitative estimate of drug-likeness (QED) is 0.712. The zero-order valence-corrected chi connectivity index (χ0v) is 14.4. The van der Waals surface area contributed by atoms with Crippen LogP contribution in [0.3, 0.4) is 0 Å². The van der Waals surface area contributed by atoms with Gasteiger partial charge in [-0.15, -0.1) is 0 Å². The van der Waals surface area contributed by atoms with Crippen LogP contribution in [0.4, 0.5) is 0 Å². The average Bonchev–Trinajstić information content (AvgIpc) is 3.35. The summed E-state index contributed by atoms with van der Waals surface area (Å²) in [6.07, 6.45) is 0. The summed E-state index contributed by atoms with van der Waals surface area (Å²) in [5.74, 6) is -4.71. The zero-order chi connectivity index (χ0) is 18.4. The molecule has 0 amide bonds. The molecule has 2 fully saturated rings. The first-order valence-corrected chi connectivity index (χ1v) is 8.18. The summed E-state index contributed by atoms with van der Waals surface area (Å²) in [6.45, 7) is 0.992. The van der Waals surface area contributed by atoms with Crippen molar-refractivity contribution in [2.75, 3.05) is 40.6 Å². The maximum Gasteiger partial charge on any atom is 0.340 e. The highest BCUT2D eigenvalue weighted by Crippen LogP contribution is 2.54. The highest BCUT2D eigenvalue weighted by atomic mass is 16.8. The lowest BCUT2D eigenvalue weighted by Gasteiger charge is -2.42. The van der Waals surface area contributed by atoms with Gasteiger partial charge in [-0.05, 0) is 0 Å². The van der Waals surface area contributed by atoms with Gasteiger partial charge in [-0.3, -0.25) is 0 Å². The molecule has 0 saturated carbocycles. The maximum absolute atomic E-state index is 12.7. The van der Waals surface area contributed by atoms with Gasteiger partial charge in [0.25, 0.3) is 0 Å². The Morgan fingerprint density at radius 3 is 1.42 bits per heavy atom. The summed E-state index contributed by atoms with van der Waals surface area (Å²) in [4.78, 5) is 25.5. The third-order valence-electron chi connectivity index (χ3n) is 4.71.